The van der Waals surface area contributed by atoms with E-state index in [0.29, 0.717) is 25.3 Å². The second kappa shape index (κ2) is 7.46. The van der Waals surface area contributed by atoms with Crippen molar-refractivity contribution < 1.29 is 18.5 Å². The summed E-state index contributed by atoms with van der Waals surface area (Å²) in [6.07, 6.45) is 1.52. The van der Waals surface area contributed by atoms with E-state index in [2.05, 4.69) is 10.5 Å². The van der Waals surface area contributed by atoms with Gasteiger partial charge in [-0.2, -0.15) is 0 Å². The minimum atomic E-state index is -0.475. The summed E-state index contributed by atoms with van der Waals surface area (Å²) in [4.78, 5) is 26.5. The summed E-state index contributed by atoms with van der Waals surface area (Å²) in [6.45, 7) is 2.65. The van der Waals surface area contributed by atoms with Gasteiger partial charge in [0.1, 0.15) is 17.6 Å². The zero-order valence-electron chi connectivity index (χ0n) is 14.0. The van der Waals surface area contributed by atoms with Gasteiger partial charge in [-0.05, 0) is 37.5 Å². The van der Waals surface area contributed by atoms with E-state index >= 15 is 0 Å². The van der Waals surface area contributed by atoms with Gasteiger partial charge in [0, 0.05) is 19.2 Å². The Bertz CT molecular complexity index is 757. The molecule has 1 aliphatic heterocycles. The maximum Gasteiger partial charge on any atom is 0.243 e. The first-order chi connectivity index (χ1) is 12.0. The highest BCUT2D eigenvalue weighted by Gasteiger charge is 2.34. The van der Waals surface area contributed by atoms with E-state index in [0.717, 1.165) is 17.7 Å². The summed E-state index contributed by atoms with van der Waals surface area (Å²) in [5.74, 6) is -0.148. The van der Waals surface area contributed by atoms with Gasteiger partial charge in [0.15, 0.2) is 0 Å². The quantitative estimate of drug-likeness (QED) is 0.899. The number of hydrogen-bond donors (Lipinski definition) is 1. The van der Waals surface area contributed by atoms with Crippen LogP contribution >= 0.6 is 0 Å². The monoisotopic (exact) mass is 345 g/mol. The van der Waals surface area contributed by atoms with Crippen molar-refractivity contribution in [3.05, 3.63) is 53.2 Å². The SMILES string of the molecule is Cc1cc(CC(=O)N2CCCC2C(=O)NCc2ccc(F)cc2)on1. The highest BCUT2D eigenvalue weighted by molar-refractivity contribution is 5.88. The minimum Gasteiger partial charge on any atom is -0.361 e. The van der Waals surface area contributed by atoms with E-state index in [1.54, 1.807) is 30.0 Å². The molecule has 1 aromatic carbocycles. The Morgan fingerprint density at radius 3 is 2.80 bits per heavy atom. The lowest BCUT2D eigenvalue weighted by Crippen LogP contribution is -2.46. The number of rotatable bonds is 5. The van der Waals surface area contributed by atoms with Gasteiger partial charge in [0.25, 0.3) is 0 Å². The van der Waals surface area contributed by atoms with Crippen molar-refractivity contribution in [3.63, 3.8) is 0 Å². The van der Waals surface area contributed by atoms with Gasteiger partial charge in [-0.15, -0.1) is 0 Å². The number of nitrogens with zero attached hydrogens (tertiary/aromatic N) is 2. The van der Waals surface area contributed by atoms with Crippen LogP contribution in [0.1, 0.15) is 29.9 Å². The van der Waals surface area contributed by atoms with Crippen LogP contribution in [0, 0.1) is 12.7 Å². The number of nitrogens with one attached hydrogen (secondary N) is 1. The molecule has 0 spiro atoms. The van der Waals surface area contributed by atoms with E-state index in [-0.39, 0.29) is 24.1 Å². The Labute approximate surface area is 145 Å². The molecule has 1 saturated heterocycles. The molecular formula is C18H20FN3O3. The zero-order valence-corrected chi connectivity index (χ0v) is 14.0. The summed E-state index contributed by atoms with van der Waals surface area (Å²) in [5.41, 5.74) is 1.53. The lowest BCUT2D eigenvalue weighted by molar-refractivity contribution is -0.138. The molecule has 0 radical (unpaired) electrons. The predicted molar refractivity (Wildman–Crippen MR) is 87.9 cm³/mol. The highest BCUT2D eigenvalue weighted by Crippen LogP contribution is 2.19. The van der Waals surface area contributed by atoms with Crippen molar-refractivity contribution >= 4 is 11.8 Å². The molecule has 1 unspecified atom stereocenters. The standard InChI is InChI=1S/C18H20FN3O3/c1-12-9-15(25-21-12)10-17(23)22-8-2-3-16(22)18(24)20-11-13-4-6-14(19)7-5-13/h4-7,9,16H,2-3,8,10-11H2,1H3,(H,20,24). The minimum absolute atomic E-state index is 0.0998. The van der Waals surface area contributed by atoms with Crippen molar-refractivity contribution in [1.29, 1.82) is 0 Å². The normalized spacial score (nSPS) is 16.9. The zero-order chi connectivity index (χ0) is 17.8. The van der Waals surface area contributed by atoms with Gasteiger partial charge in [0.05, 0.1) is 12.1 Å². The Kier molecular flexibility index (Phi) is 5.11. The predicted octanol–water partition coefficient (Wildman–Crippen LogP) is 1.97. The van der Waals surface area contributed by atoms with Crippen LogP contribution in [0.15, 0.2) is 34.9 Å². The van der Waals surface area contributed by atoms with Crippen LogP contribution in [0.25, 0.3) is 0 Å². The first-order valence-electron chi connectivity index (χ1n) is 8.27. The van der Waals surface area contributed by atoms with E-state index in [1.807, 2.05) is 0 Å². The van der Waals surface area contributed by atoms with Crippen LogP contribution in [-0.2, 0) is 22.6 Å². The Morgan fingerprint density at radius 2 is 2.12 bits per heavy atom. The number of carbonyl (C=O) groups excluding carboxylic acids is 2. The largest absolute Gasteiger partial charge is 0.361 e. The van der Waals surface area contributed by atoms with Gasteiger partial charge < -0.3 is 14.7 Å². The molecule has 0 aliphatic carbocycles. The first kappa shape index (κ1) is 17.1. The molecule has 1 aliphatic rings. The second-order valence-corrected chi connectivity index (χ2v) is 6.20. The van der Waals surface area contributed by atoms with Crippen LogP contribution in [0.5, 0.6) is 0 Å². The van der Waals surface area contributed by atoms with E-state index in [4.69, 9.17) is 4.52 Å². The second-order valence-electron chi connectivity index (χ2n) is 6.20. The highest BCUT2D eigenvalue weighted by atomic mass is 19.1. The number of amides is 2. The summed E-state index contributed by atoms with van der Waals surface area (Å²) >= 11 is 0. The molecule has 7 heteroatoms. The lowest BCUT2D eigenvalue weighted by Gasteiger charge is -2.23. The topological polar surface area (TPSA) is 75.4 Å². The van der Waals surface area contributed by atoms with Gasteiger partial charge in [0.2, 0.25) is 11.8 Å². The molecule has 1 aromatic heterocycles. The van der Waals surface area contributed by atoms with Crippen LogP contribution < -0.4 is 5.32 Å². The lowest BCUT2D eigenvalue weighted by atomic mass is 10.1. The fourth-order valence-corrected chi connectivity index (χ4v) is 3.00. The molecule has 0 bridgehead atoms. The average molecular weight is 345 g/mol. The van der Waals surface area contributed by atoms with E-state index in [9.17, 15) is 14.0 Å². The van der Waals surface area contributed by atoms with Crippen molar-refractivity contribution in [2.45, 2.75) is 38.8 Å². The maximum absolute atomic E-state index is 12.9. The van der Waals surface area contributed by atoms with Crippen molar-refractivity contribution in [3.8, 4) is 0 Å². The molecule has 25 heavy (non-hydrogen) atoms. The molecule has 1 atom stereocenters. The number of halogens is 1. The number of aromatic nitrogens is 1. The van der Waals surface area contributed by atoms with E-state index in [1.165, 1.54) is 12.1 Å². The molecule has 6 nitrogen and oxygen atoms in total. The van der Waals surface area contributed by atoms with Crippen LogP contribution in [-0.4, -0.2) is 34.5 Å². The Hall–Kier alpha value is -2.70. The fraction of sp³-hybridized carbons (Fsp3) is 0.389. The number of benzene rings is 1. The van der Waals surface area contributed by atoms with Gasteiger partial charge in [-0.25, -0.2) is 4.39 Å². The fourth-order valence-electron chi connectivity index (χ4n) is 3.00. The third-order valence-electron chi connectivity index (χ3n) is 4.26. The summed E-state index contributed by atoms with van der Waals surface area (Å²) in [7, 11) is 0. The number of carbonyl (C=O) groups is 2. The maximum atomic E-state index is 12.9. The molecule has 3 rings (SSSR count). The number of hydrogen-bond acceptors (Lipinski definition) is 4. The Morgan fingerprint density at radius 1 is 1.36 bits per heavy atom. The summed E-state index contributed by atoms with van der Waals surface area (Å²) in [5, 5.41) is 6.59. The molecule has 1 N–H and O–H groups in total. The molecule has 2 aromatic rings. The smallest absolute Gasteiger partial charge is 0.243 e. The molecule has 1 fully saturated rings. The molecule has 132 valence electrons. The molecule has 2 heterocycles. The molecular weight excluding hydrogens is 325 g/mol. The van der Waals surface area contributed by atoms with Crippen molar-refractivity contribution in [2.24, 2.45) is 0 Å². The number of likely N-dealkylation sites (tertiary alicyclic amines) is 1. The van der Waals surface area contributed by atoms with Crippen LogP contribution in [0.2, 0.25) is 0 Å². The Balaban J connectivity index is 1.57. The van der Waals surface area contributed by atoms with Gasteiger partial charge in [-0.3, -0.25) is 9.59 Å². The van der Waals surface area contributed by atoms with Crippen molar-refractivity contribution in [1.82, 2.24) is 15.4 Å². The van der Waals surface area contributed by atoms with Gasteiger partial charge in [-0.1, -0.05) is 17.3 Å². The third kappa shape index (κ3) is 4.23. The summed E-state index contributed by atoms with van der Waals surface area (Å²) < 4.78 is 18.0. The van der Waals surface area contributed by atoms with Crippen LogP contribution in [0.3, 0.4) is 0 Å². The summed E-state index contributed by atoms with van der Waals surface area (Å²) in [6, 6.07) is 7.20. The average Bonchev–Trinajstić information content (AvgIpc) is 3.23. The molecule has 0 saturated carbocycles. The van der Waals surface area contributed by atoms with Gasteiger partial charge >= 0.3 is 0 Å². The first-order valence-corrected chi connectivity index (χ1v) is 8.27. The molecule has 2 amide bonds. The third-order valence-corrected chi connectivity index (χ3v) is 4.26. The van der Waals surface area contributed by atoms with Crippen molar-refractivity contribution in [2.75, 3.05) is 6.54 Å². The van der Waals surface area contributed by atoms with E-state index < -0.39 is 6.04 Å². The number of aryl methyl sites for hydroxylation is 1. The van der Waals surface area contributed by atoms with Crippen LogP contribution in [0.4, 0.5) is 4.39 Å².